The molecule has 0 unspecified atom stereocenters. The van der Waals surface area contributed by atoms with E-state index in [4.69, 9.17) is 4.98 Å². The Balaban J connectivity index is 1.57. The summed E-state index contributed by atoms with van der Waals surface area (Å²) in [7, 11) is 0. The van der Waals surface area contributed by atoms with Crippen LogP contribution in [-0.4, -0.2) is 9.55 Å². The van der Waals surface area contributed by atoms with Crippen LogP contribution in [0.2, 0.25) is 0 Å². The van der Waals surface area contributed by atoms with Gasteiger partial charge in [-0.15, -0.1) is 11.3 Å². The van der Waals surface area contributed by atoms with Crippen LogP contribution in [0.25, 0.3) is 59.4 Å². The van der Waals surface area contributed by atoms with E-state index in [1.807, 2.05) is 0 Å². The van der Waals surface area contributed by atoms with Crippen molar-refractivity contribution >= 4 is 43.9 Å². The standard InChI is InChI=1S/C35H28N2S/c1-35(2,3)24-17-19-25(20-18-24)37-33-29-16-10-8-14-27(29)26-13-7-9-15-28(26)32(33)36-34(37)31-22-21-30(38-31)23-11-5-4-6-12-23/h4-22H,1-3H3. The van der Waals surface area contributed by atoms with Gasteiger partial charge in [-0.2, -0.15) is 0 Å². The molecule has 0 aliphatic rings. The number of hydrogen-bond donors (Lipinski definition) is 0. The third-order valence-electron chi connectivity index (χ3n) is 7.41. The van der Waals surface area contributed by atoms with E-state index in [0.717, 1.165) is 27.4 Å². The zero-order valence-electron chi connectivity index (χ0n) is 21.8. The molecule has 0 spiro atoms. The van der Waals surface area contributed by atoms with Crippen LogP contribution in [0.5, 0.6) is 0 Å². The molecule has 7 aromatic rings. The van der Waals surface area contributed by atoms with Crippen molar-refractivity contribution in [3.63, 3.8) is 0 Å². The molecule has 2 nitrogen and oxygen atoms in total. The van der Waals surface area contributed by atoms with Gasteiger partial charge in [0, 0.05) is 21.3 Å². The molecular formula is C35H28N2S. The van der Waals surface area contributed by atoms with Crippen LogP contribution in [0.3, 0.4) is 0 Å². The van der Waals surface area contributed by atoms with Crippen LogP contribution in [0, 0.1) is 0 Å². The molecule has 0 fully saturated rings. The predicted molar refractivity (Wildman–Crippen MR) is 164 cm³/mol. The van der Waals surface area contributed by atoms with Crippen LogP contribution in [0.1, 0.15) is 26.3 Å². The van der Waals surface area contributed by atoms with Crippen LogP contribution < -0.4 is 0 Å². The van der Waals surface area contributed by atoms with E-state index in [1.54, 1.807) is 11.3 Å². The first-order valence-electron chi connectivity index (χ1n) is 13.1. The molecule has 184 valence electrons. The van der Waals surface area contributed by atoms with Gasteiger partial charge in [-0.25, -0.2) is 4.98 Å². The van der Waals surface area contributed by atoms with Gasteiger partial charge in [0.25, 0.3) is 0 Å². The molecule has 2 aromatic heterocycles. The second kappa shape index (κ2) is 8.68. The molecule has 0 atom stereocenters. The van der Waals surface area contributed by atoms with E-state index >= 15 is 0 Å². The minimum atomic E-state index is 0.0968. The summed E-state index contributed by atoms with van der Waals surface area (Å²) in [6.45, 7) is 6.78. The Bertz CT molecular complexity index is 1930. The maximum atomic E-state index is 5.39. The highest BCUT2D eigenvalue weighted by molar-refractivity contribution is 7.18. The molecule has 0 saturated heterocycles. The molecule has 0 saturated carbocycles. The van der Waals surface area contributed by atoms with Crippen molar-refractivity contribution in [2.24, 2.45) is 0 Å². The van der Waals surface area contributed by atoms with Gasteiger partial charge in [0.2, 0.25) is 0 Å². The summed E-state index contributed by atoms with van der Waals surface area (Å²) in [4.78, 5) is 7.80. The fourth-order valence-corrected chi connectivity index (χ4v) is 6.44. The zero-order chi connectivity index (χ0) is 25.9. The number of fused-ring (bicyclic) bond motifs is 6. The highest BCUT2D eigenvalue weighted by atomic mass is 32.1. The fraction of sp³-hybridized carbons (Fsp3) is 0.114. The van der Waals surface area contributed by atoms with Crippen LogP contribution in [-0.2, 0) is 5.41 Å². The predicted octanol–water partition coefficient (Wildman–Crippen LogP) is 10.0. The second-order valence-corrected chi connectivity index (χ2v) is 12.0. The molecular weight excluding hydrogens is 480 g/mol. The number of thiophene rings is 1. The molecule has 2 heterocycles. The highest BCUT2D eigenvalue weighted by Gasteiger charge is 2.22. The molecule has 0 aliphatic carbocycles. The van der Waals surface area contributed by atoms with E-state index in [-0.39, 0.29) is 5.41 Å². The molecule has 5 aromatic carbocycles. The number of imidazole rings is 1. The highest BCUT2D eigenvalue weighted by Crippen LogP contribution is 2.42. The van der Waals surface area contributed by atoms with E-state index in [1.165, 1.54) is 37.5 Å². The van der Waals surface area contributed by atoms with Crippen molar-refractivity contribution in [2.45, 2.75) is 26.2 Å². The Labute approximate surface area is 226 Å². The van der Waals surface area contributed by atoms with Gasteiger partial charge in [-0.05, 0) is 51.6 Å². The molecule has 3 heteroatoms. The number of hydrogen-bond acceptors (Lipinski definition) is 2. The lowest BCUT2D eigenvalue weighted by Gasteiger charge is -2.20. The molecule has 0 radical (unpaired) electrons. The van der Waals surface area contributed by atoms with Gasteiger partial charge >= 0.3 is 0 Å². The lowest BCUT2D eigenvalue weighted by molar-refractivity contribution is 0.590. The summed E-state index contributed by atoms with van der Waals surface area (Å²) >= 11 is 1.80. The molecule has 7 rings (SSSR count). The summed E-state index contributed by atoms with van der Waals surface area (Å²) in [5.41, 5.74) is 5.99. The van der Waals surface area contributed by atoms with Gasteiger partial charge in [0.05, 0.1) is 15.9 Å². The minimum Gasteiger partial charge on any atom is -0.291 e. The van der Waals surface area contributed by atoms with E-state index < -0.39 is 0 Å². The van der Waals surface area contributed by atoms with Crippen LogP contribution in [0.4, 0.5) is 0 Å². The normalized spacial score (nSPS) is 12.1. The molecule has 0 amide bonds. The molecule has 0 N–H and O–H groups in total. The quantitative estimate of drug-likeness (QED) is 0.217. The van der Waals surface area contributed by atoms with Crippen molar-refractivity contribution in [2.75, 3.05) is 0 Å². The second-order valence-electron chi connectivity index (χ2n) is 10.9. The van der Waals surface area contributed by atoms with E-state index in [9.17, 15) is 0 Å². The minimum absolute atomic E-state index is 0.0968. The van der Waals surface area contributed by atoms with Gasteiger partial charge in [0.1, 0.15) is 0 Å². The maximum Gasteiger partial charge on any atom is 0.155 e. The van der Waals surface area contributed by atoms with Crippen molar-refractivity contribution in [3.05, 3.63) is 121 Å². The van der Waals surface area contributed by atoms with Gasteiger partial charge < -0.3 is 0 Å². The Kier molecular flexibility index (Phi) is 5.24. The first-order chi connectivity index (χ1) is 18.5. The Morgan fingerprint density at radius 3 is 1.84 bits per heavy atom. The van der Waals surface area contributed by atoms with Crippen molar-refractivity contribution in [3.8, 4) is 26.8 Å². The Morgan fingerprint density at radius 2 is 1.16 bits per heavy atom. The largest absolute Gasteiger partial charge is 0.291 e. The monoisotopic (exact) mass is 508 g/mol. The summed E-state index contributed by atoms with van der Waals surface area (Å²) in [5.74, 6) is 0.984. The Morgan fingerprint density at radius 1 is 0.579 bits per heavy atom. The lowest BCUT2D eigenvalue weighted by atomic mass is 9.87. The van der Waals surface area contributed by atoms with E-state index in [0.29, 0.717) is 0 Å². The zero-order valence-corrected chi connectivity index (χ0v) is 22.6. The molecule has 0 aliphatic heterocycles. The fourth-order valence-electron chi connectivity index (χ4n) is 5.45. The number of benzene rings is 5. The average Bonchev–Trinajstić information content (AvgIpc) is 3.59. The molecule has 38 heavy (non-hydrogen) atoms. The summed E-state index contributed by atoms with van der Waals surface area (Å²) in [5, 5.41) is 4.91. The summed E-state index contributed by atoms with van der Waals surface area (Å²) in [6, 6.07) is 41.5. The van der Waals surface area contributed by atoms with Crippen molar-refractivity contribution in [1.29, 1.82) is 0 Å². The smallest absolute Gasteiger partial charge is 0.155 e. The first-order valence-corrected chi connectivity index (χ1v) is 13.9. The number of rotatable bonds is 3. The Hall–Kier alpha value is -4.21. The SMILES string of the molecule is CC(C)(C)c1ccc(-n2c(-c3ccc(-c4ccccc4)s3)nc3c4ccccc4c4ccccc4c32)cc1. The van der Waals surface area contributed by atoms with Gasteiger partial charge in [-0.1, -0.05) is 112 Å². The third kappa shape index (κ3) is 3.66. The maximum absolute atomic E-state index is 5.39. The topological polar surface area (TPSA) is 17.8 Å². The van der Waals surface area contributed by atoms with Crippen molar-refractivity contribution in [1.82, 2.24) is 9.55 Å². The van der Waals surface area contributed by atoms with Crippen LogP contribution in [0.15, 0.2) is 115 Å². The summed E-state index contributed by atoms with van der Waals surface area (Å²) in [6.07, 6.45) is 0. The lowest BCUT2D eigenvalue weighted by Crippen LogP contribution is -2.11. The average molecular weight is 509 g/mol. The number of aromatic nitrogens is 2. The van der Waals surface area contributed by atoms with Crippen LogP contribution >= 0.6 is 11.3 Å². The third-order valence-corrected chi connectivity index (χ3v) is 8.54. The summed E-state index contributed by atoms with van der Waals surface area (Å²) < 4.78 is 2.37. The molecule has 0 bridgehead atoms. The van der Waals surface area contributed by atoms with Gasteiger partial charge in [0.15, 0.2) is 5.82 Å². The van der Waals surface area contributed by atoms with Crippen molar-refractivity contribution < 1.29 is 0 Å². The van der Waals surface area contributed by atoms with E-state index in [2.05, 4.69) is 141 Å². The first kappa shape index (κ1) is 22.9. The van der Waals surface area contributed by atoms with Gasteiger partial charge in [-0.3, -0.25) is 4.57 Å². The number of nitrogens with zero attached hydrogens (tertiary/aromatic N) is 2.